The van der Waals surface area contributed by atoms with Gasteiger partial charge >= 0.3 is 0 Å². The van der Waals surface area contributed by atoms with Crippen LogP contribution in [0.4, 0.5) is 23.0 Å². The summed E-state index contributed by atoms with van der Waals surface area (Å²) >= 11 is 1.27. The Labute approximate surface area is 212 Å². The zero-order valence-electron chi connectivity index (χ0n) is 20.2. The maximum absolute atomic E-state index is 13.1. The van der Waals surface area contributed by atoms with E-state index in [0.29, 0.717) is 23.4 Å². The molecule has 2 aromatic heterocycles. The molecule has 36 heavy (non-hydrogen) atoms. The Morgan fingerprint density at radius 1 is 1.25 bits per heavy atom. The highest BCUT2D eigenvalue weighted by Crippen LogP contribution is 2.33. The van der Waals surface area contributed by atoms with Crippen molar-refractivity contribution in [1.82, 2.24) is 25.5 Å². The van der Waals surface area contributed by atoms with E-state index in [9.17, 15) is 9.59 Å². The molecule has 1 saturated carbocycles. The van der Waals surface area contributed by atoms with Crippen LogP contribution in [-0.2, 0) is 9.53 Å². The predicted octanol–water partition coefficient (Wildman–Crippen LogP) is 2.80. The second-order valence-electron chi connectivity index (χ2n) is 8.50. The van der Waals surface area contributed by atoms with Crippen molar-refractivity contribution in [1.29, 1.82) is 0 Å². The lowest BCUT2D eigenvalue weighted by molar-refractivity contribution is -0.117. The van der Waals surface area contributed by atoms with Gasteiger partial charge in [0, 0.05) is 41.4 Å². The summed E-state index contributed by atoms with van der Waals surface area (Å²) in [7, 11) is 1.56. The van der Waals surface area contributed by atoms with Crippen LogP contribution >= 0.6 is 11.8 Å². The van der Waals surface area contributed by atoms with Gasteiger partial charge in [-0.2, -0.15) is 5.10 Å². The second kappa shape index (κ2) is 11.4. The van der Waals surface area contributed by atoms with Gasteiger partial charge in [0.25, 0.3) is 5.91 Å². The van der Waals surface area contributed by atoms with Gasteiger partial charge in [-0.1, -0.05) is 0 Å². The predicted molar refractivity (Wildman–Crippen MR) is 137 cm³/mol. The second-order valence-corrected chi connectivity index (χ2v) is 9.54. The largest absolute Gasteiger partial charge is 0.383 e. The molecule has 4 rings (SSSR count). The zero-order valence-corrected chi connectivity index (χ0v) is 21.0. The smallest absolute Gasteiger partial charge is 0.272 e. The van der Waals surface area contributed by atoms with Crippen molar-refractivity contribution < 1.29 is 14.3 Å². The maximum atomic E-state index is 13.1. The number of H-pyrrole nitrogens is 1. The zero-order chi connectivity index (χ0) is 25.7. The Hall–Kier alpha value is -3.68. The van der Waals surface area contributed by atoms with Gasteiger partial charge in [-0.25, -0.2) is 9.97 Å². The fourth-order valence-electron chi connectivity index (χ4n) is 3.37. The summed E-state index contributed by atoms with van der Waals surface area (Å²) in [6.45, 7) is 4.03. The summed E-state index contributed by atoms with van der Waals surface area (Å²) in [6.07, 6.45) is 1.89. The number of methoxy groups -OCH3 is 1. The summed E-state index contributed by atoms with van der Waals surface area (Å²) in [5.74, 6) is 6.32. The summed E-state index contributed by atoms with van der Waals surface area (Å²) in [4.78, 5) is 35.0. The Morgan fingerprint density at radius 3 is 2.61 bits per heavy atom. The van der Waals surface area contributed by atoms with Crippen molar-refractivity contribution in [3.8, 4) is 0 Å². The van der Waals surface area contributed by atoms with E-state index in [-0.39, 0.29) is 29.2 Å². The topological polar surface area (TPSA) is 172 Å². The van der Waals surface area contributed by atoms with E-state index in [1.54, 1.807) is 13.2 Å². The number of nitrogens with zero attached hydrogens (tertiary/aromatic N) is 3. The molecule has 1 fully saturated rings. The number of benzene rings is 1. The minimum absolute atomic E-state index is 0.0475. The number of carbonyl (C=O) groups excluding carboxylic acids is 2. The van der Waals surface area contributed by atoms with E-state index in [2.05, 4.69) is 41.5 Å². The molecule has 0 radical (unpaired) electrons. The molecule has 1 atom stereocenters. The van der Waals surface area contributed by atoms with Gasteiger partial charge in [0.2, 0.25) is 5.91 Å². The molecule has 12 nitrogen and oxygen atoms in total. The lowest BCUT2D eigenvalue weighted by atomic mass is 10.2. The summed E-state index contributed by atoms with van der Waals surface area (Å²) in [5.41, 5.74) is 4.41. The van der Waals surface area contributed by atoms with E-state index in [1.165, 1.54) is 11.8 Å². The van der Waals surface area contributed by atoms with Crippen LogP contribution in [0, 0.1) is 12.8 Å². The Kier molecular flexibility index (Phi) is 8.03. The summed E-state index contributed by atoms with van der Waals surface area (Å²) < 4.78 is 5.11. The number of hydrogen-bond acceptors (Lipinski definition) is 10. The fourth-order valence-corrected chi connectivity index (χ4v) is 4.12. The normalized spacial score (nSPS) is 13.7. The van der Waals surface area contributed by atoms with Crippen molar-refractivity contribution in [2.45, 2.75) is 42.8 Å². The molecule has 0 bridgehead atoms. The monoisotopic (exact) mass is 511 g/mol. The number of ether oxygens (including phenoxy) is 1. The molecule has 0 saturated heterocycles. The number of amides is 2. The molecule has 1 aromatic carbocycles. The number of anilines is 4. The quantitative estimate of drug-likeness (QED) is 0.128. The van der Waals surface area contributed by atoms with Gasteiger partial charge in [-0.15, -0.1) is 0 Å². The molecule has 3 aromatic rings. The molecular formula is C23H29N9O3S. The third-order valence-electron chi connectivity index (χ3n) is 5.27. The number of aromatic amines is 1. The third kappa shape index (κ3) is 6.50. The van der Waals surface area contributed by atoms with Crippen LogP contribution in [0.15, 0.2) is 40.4 Å². The molecular weight excluding hydrogens is 482 g/mol. The van der Waals surface area contributed by atoms with Crippen LogP contribution in [-0.4, -0.2) is 51.7 Å². The maximum Gasteiger partial charge on any atom is 0.272 e. The fraction of sp³-hybridized carbons (Fsp3) is 0.348. The lowest BCUT2D eigenvalue weighted by Gasteiger charge is -2.17. The van der Waals surface area contributed by atoms with Gasteiger partial charge in [0.1, 0.15) is 5.69 Å². The Morgan fingerprint density at radius 2 is 2.00 bits per heavy atom. The minimum atomic E-state index is -0.434. The number of nitrogens with two attached hydrogens (primary N) is 1. The molecule has 0 aliphatic heterocycles. The average Bonchev–Trinajstić information content (AvgIpc) is 3.62. The standard InChI is InChI=1S/C23H29N9O3S/c1-12-10-17(32-31-12)27-20-18(30-24)19(22(34)25-13(2)11-35-3)28-23(29-20)36-16-8-6-15(7-9-16)26-21(33)14-4-5-14/h6-10,13-14,30H,4-5,11,24H2,1-3H3,(H,25,34)(H,26,33)(H2,27,28,29,31,32). The van der Waals surface area contributed by atoms with Crippen LogP contribution in [0.25, 0.3) is 0 Å². The molecule has 190 valence electrons. The van der Waals surface area contributed by atoms with Gasteiger partial charge in [-0.3, -0.25) is 20.5 Å². The van der Waals surface area contributed by atoms with Gasteiger partial charge in [0.05, 0.1) is 6.61 Å². The van der Waals surface area contributed by atoms with Crippen LogP contribution in [0.5, 0.6) is 0 Å². The van der Waals surface area contributed by atoms with E-state index in [4.69, 9.17) is 10.6 Å². The number of aryl methyl sites for hydroxylation is 1. The SMILES string of the molecule is COCC(C)NC(=O)c1nc(Sc2ccc(NC(=O)C3CC3)cc2)nc(Nc2cc(C)[nH]n2)c1NN. The van der Waals surface area contributed by atoms with Crippen molar-refractivity contribution >= 4 is 46.6 Å². The van der Waals surface area contributed by atoms with Crippen molar-refractivity contribution in [2.75, 3.05) is 29.8 Å². The average molecular weight is 512 g/mol. The van der Waals surface area contributed by atoms with Crippen molar-refractivity contribution in [3.05, 3.63) is 41.7 Å². The van der Waals surface area contributed by atoms with E-state index < -0.39 is 5.91 Å². The first-order valence-corrected chi connectivity index (χ1v) is 12.2. The highest BCUT2D eigenvalue weighted by Gasteiger charge is 2.29. The molecule has 2 amide bonds. The molecule has 0 spiro atoms. The van der Waals surface area contributed by atoms with Crippen molar-refractivity contribution in [3.63, 3.8) is 0 Å². The number of rotatable bonds is 11. The van der Waals surface area contributed by atoms with Crippen molar-refractivity contribution in [2.24, 2.45) is 11.8 Å². The molecule has 1 unspecified atom stereocenters. The first kappa shape index (κ1) is 25.4. The first-order valence-electron chi connectivity index (χ1n) is 11.4. The van der Waals surface area contributed by atoms with Crippen LogP contribution in [0.3, 0.4) is 0 Å². The molecule has 13 heteroatoms. The molecule has 7 N–H and O–H groups in total. The lowest BCUT2D eigenvalue weighted by Crippen LogP contribution is -2.37. The van der Waals surface area contributed by atoms with Gasteiger partial charge in [0.15, 0.2) is 22.5 Å². The van der Waals surface area contributed by atoms with Gasteiger partial charge < -0.3 is 26.1 Å². The highest BCUT2D eigenvalue weighted by molar-refractivity contribution is 7.99. The number of hydrogen-bond donors (Lipinski definition) is 6. The number of aromatic nitrogens is 4. The molecule has 1 aliphatic rings. The number of hydrazine groups is 1. The number of nitrogens with one attached hydrogen (secondary N) is 5. The third-order valence-corrected chi connectivity index (χ3v) is 6.15. The van der Waals surface area contributed by atoms with Crippen LogP contribution < -0.4 is 27.2 Å². The molecule has 1 aliphatic carbocycles. The highest BCUT2D eigenvalue weighted by atomic mass is 32.2. The van der Waals surface area contributed by atoms with E-state index >= 15 is 0 Å². The Bertz CT molecular complexity index is 1230. The Balaban J connectivity index is 1.61. The van der Waals surface area contributed by atoms with E-state index in [1.807, 2.05) is 38.1 Å². The summed E-state index contributed by atoms with van der Waals surface area (Å²) in [6, 6.07) is 8.91. The van der Waals surface area contributed by atoms with Gasteiger partial charge in [-0.05, 0) is 62.7 Å². The van der Waals surface area contributed by atoms with Crippen LogP contribution in [0.2, 0.25) is 0 Å². The van der Waals surface area contributed by atoms with Crippen LogP contribution in [0.1, 0.15) is 35.9 Å². The minimum Gasteiger partial charge on any atom is -0.383 e. The molecule has 2 heterocycles. The summed E-state index contributed by atoms with van der Waals surface area (Å²) in [5, 5.41) is 16.2. The number of nitrogen functional groups attached to an aromatic ring is 1. The number of carbonyl (C=O) groups is 2. The first-order chi connectivity index (χ1) is 17.4. The van der Waals surface area contributed by atoms with E-state index in [0.717, 1.165) is 29.1 Å².